The van der Waals surface area contributed by atoms with Gasteiger partial charge in [-0.05, 0) is 30.5 Å². The molecule has 2 rings (SSSR count). The van der Waals surface area contributed by atoms with E-state index in [0.29, 0.717) is 5.92 Å². The van der Waals surface area contributed by atoms with Crippen LogP contribution in [0.5, 0.6) is 0 Å². The molecule has 0 bridgehead atoms. The molecule has 1 heterocycles. The Balaban J connectivity index is 1.75. The normalized spacial score (nSPS) is 11.3. The van der Waals surface area contributed by atoms with Crippen LogP contribution in [-0.2, 0) is 4.74 Å². The summed E-state index contributed by atoms with van der Waals surface area (Å²) in [5, 5.41) is 3.25. The van der Waals surface area contributed by atoms with Gasteiger partial charge in [-0.15, -0.1) is 0 Å². The van der Waals surface area contributed by atoms with Crippen LogP contribution in [0.2, 0.25) is 0 Å². The van der Waals surface area contributed by atoms with Gasteiger partial charge in [-0.1, -0.05) is 13.8 Å². The highest BCUT2D eigenvalue weighted by atomic mass is 16.5. The summed E-state index contributed by atoms with van der Waals surface area (Å²) in [4.78, 5) is 7.64. The fourth-order valence-corrected chi connectivity index (χ4v) is 1.81. The van der Waals surface area contributed by atoms with Crippen molar-refractivity contribution in [3.05, 3.63) is 18.2 Å². The van der Waals surface area contributed by atoms with Gasteiger partial charge in [0.25, 0.3) is 0 Å². The van der Waals surface area contributed by atoms with Crippen LogP contribution >= 0.6 is 0 Å². The summed E-state index contributed by atoms with van der Waals surface area (Å²) < 4.78 is 5.52. The SMILES string of the molecule is CC(C)COCCCNc1nc2ccc(N)cc2[nH]1. The monoisotopic (exact) mass is 262 g/mol. The summed E-state index contributed by atoms with van der Waals surface area (Å²) in [6.07, 6.45) is 0.964. The number of H-pyrrole nitrogens is 1. The largest absolute Gasteiger partial charge is 0.399 e. The van der Waals surface area contributed by atoms with E-state index in [1.807, 2.05) is 18.2 Å². The maximum Gasteiger partial charge on any atom is 0.201 e. The number of nitrogens with zero attached hydrogens (tertiary/aromatic N) is 1. The van der Waals surface area contributed by atoms with E-state index < -0.39 is 0 Å². The van der Waals surface area contributed by atoms with E-state index >= 15 is 0 Å². The maximum absolute atomic E-state index is 5.73. The van der Waals surface area contributed by atoms with Crippen LogP contribution in [0.25, 0.3) is 11.0 Å². The van der Waals surface area contributed by atoms with E-state index in [9.17, 15) is 0 Å². The van der Waals surface area contributed by atoms with E-state index in [-0.39, 0.29) is 0 Å². The Kier molecular flexibility index (Phi) is 4.63. The number of ether oxygens (including phenoxy) is 1. The molecular formula is C14H22N4O. The standard InChI is InChI=1S/C14H22N4O/c1-10(2)9-19-7-3-6-16-14-17-12-5-4-11(15)8-13(12)18-14/h4-5,8,10H,3,6-7,9,15H2,1-2H3,(H2,16,17,18). The van der Waals surface area contributed by atoms with Gasteiger partial charge in [0.05, 0.1) is 11.0 Å². The number of benzene rings is 1. The minimum absolute atomic E-state index is 0.591. The molecule has 5 heteroatoms. The lowest BCUT2D eigenvalue weighted by Gasteiger charge is -2.06. The number of hydrogen-bond donors (Lipinski definition) is 3. The number of fused-ring (bicyclic) bond motifs is 1. The Morgan fingerprint density at radius 2 is 2.26 bits per heavy atom. The lowest BCUT2D eigenvalue weighted by atomic mass is 10.2. The van der Waals surface area contributed by atoms with Gasteiger partial charge < -0.3 is 20.8 Å². The van der Waals surface area contributed by atoms with Crippen molar-refractivity contribution in [1.82, 2.24) is 9.97 Å². The van der Waals surface area contributed by atoms with E-state index in [4.69, 9.17) is 10.5 Å². The molecule has 0 radical (unpaired) electrons. The van der Waals surface area contributed by atoms with E-state index in [1.165, 1.54) is 0 Å². The first-order valence-electron chi connectivity index (χ1n) is 6.72. The van der Waals surface area contributed by atoms with Gasteiger partial charge in [-0.3, -0.25) is 0 Å². The third kappa shape index (κ3) is 4.13. The molecule has 1 aromatic heterocycles. The van der Waals surface area contributed by atoms with Gasteiger partial charge in [0.1, 0.15) is 0 Å². The molecule has 0 amide bonds. The lowest BCUT2D eigenvalue weighted by Crippen LogP contribution is -2.09. The summed E-state index contributed by atoms with van der Waals surface area (Å²) in [6, 6.07) is 5.66. The van der Waals surface area contributed by atoms with Crippen LogP contribution in [0.4, 0.5) is 11.6 Å². The molecule has 4 N–H and O–H groups in total. The zero-order valence-corrected chi connectivity index (χ0v) is 11.6. The molecule has 1 aromatic carbocycles. The third-order valence-corrected chi connectivity index (χ3v) is 2.72. The van der Waals surface area contributed by atoms with E-state index in [1.54, 1.807) is 0 Å². The zero-order chi connectivity index (χ0) is 13.7. The molecular weight excluding hydrogens is 240 g/mol. The number of aromatic amines is 1. The topological polar surface area (TPSA) is 76.0 Å². The van der Waals surface area contributed by atoms with Gasteiger partial charge in [0, 0.05) is 25.4 Å². The molecule has 2 aromatic rings. The molecule has 0 aliphatic carbocycles. The molecule has 0 spiro atoms. The van der Waals surface area contributed by atoms with Crippen molar-refractivity contribution in [3.63, 3.8) is 0 Å². The molecule has 0 fully saturated rings. The van der Waals surface area contributed by atoms with Crippen molar-refractivity contribution in [2.75, 3.05) is 30.8 Å². The number of rotatable bonds is 7. The number of nitrogens with one attached hydrogen (secondary N) is 2. The first-order valence-corrected chi connectivity index (χ1v) is 6.72. The second-order valence-corrected chi connectivity index (χ2v) is 5.11. The quantitative estimate of drug-likeness (QED) is 0.529. The molecule has 0 aliphatic rings. The first-order chi connectivity index (χ1) is 9.15. The van der Waals surface area contributed by atoms with Crippen molar-refractivity contribution in [1.29, 1.82) is 0 Å². The summed E-state index contributed by atoms with van der Waals surface area (Å²) in [5.74, 6) is 1.37. The average Bonchev–Trinajstić information content (AvgIpc) is 2.75. The van der Waals surface area contributed by atoms with Crippen LogP contribution in [-0.4, -0.2) is 29.7 Å². The van der Waals surface area contributed by atoms with Crippen molar-refractivity contribution < 1.29 is 4.74 Å². The van der Waals surface area contributed by atoms with Gasteiger partial charge in [0.15, 0.2) is 0 Å². The number of aromatic nitrogens is 2. The molecule has 0 saturated carbocycles. The Labute approximate surface area is 113 Å². The Bertz CT molecular complexity index is 521. The fraction of sp³-hybridized carbons (Fsp3) is 0.500. The Morgan fingerprint density at radius 1 is 1.42 bits per heavy atom. The van der Waals surface area contributed by atoms with Gasteiger partial charge in [-0.25, -0.2) is 4.98 Å². The predicted octanol–water partition coefficient (Wildman–Crippen LogP) is 2.62. The lowest BCUT2D eigenvalue weighted by molar-refractivity contribution is 0.110. The van der Waals surface area contributed by atoms with Crippen molar-refractivity contribution >= 4 is 22.7 Å². The number of hydrogen-bond acceptors (Lipinski definition) is 4. The second kappa shape index (κ2) is 6.43. The summed E-state index contributed by atoms with van der Waals surface area (Å²) in [6.45, 7) is 6.74. The third-order valence-electron chi connectivity index (χ3n) is 2.72. The van der Waals surface area contributed by atoms with Gasteiger partial charge in [0.2, 0.25) is 5.95 Å². The molecule has 19 heavy (non-hydrogen) atoms. The van der Waals surface area contributed by atoms with Crippen LogP contribution < -0.4 is 11.1 Å². The second-order valence-electron chi connectivity index (χ2n) is 5.11. The highest BCUT2D eigenvalue weighted by Crippen LogP contribution is 2.16. The predicted molar refractivity (Wildman–Crippen MR) is 79.3 cm³/mol. The highest BCUT2D eigenvalue weighted by Gasteiger charge is 2.02. The first kappa shape index (κ1) is 13.7. The summed E-state index contributed by atoms with van der Waals surface area (Å²) >= 11 is 0. The summed E-state index contributed by atoms with van der Waals surface area (Å²) in [5.41, 5.74) is 8.35. The molecule has 0 saturated heterocycles. The molecule has 0 aliphatic heterocycles. The Hall–Kier alpha value is -1.75. The van der Waals surface area contributed by atoms with Crippen LogP contribution in [0.1, 0.15) is 20.3 Å². The minimum Gasteiger partial charge on any atom is -0.399 e. The van der Waals surface area contributed by atoms with Gasteiger partial charge in [-0.2, -0.15) is 0 Å². The van der Waals surface area contributed by atoms with Crippen molar-refractivity contribution in [2.45, 2.75) is 20.3 Å². The summed E-state index contributed by atoms with van der Waals surface area (Å²) in [7, 11) is 0. The molecule has 104 valence electrons. The van der Waals surface area contributed by atoms with Crippen molar-refractivity contribution in [2.24, 2.45) is 5.92 Å². The van der Waals surface area contributed by atoms with Gasteiger partial charge >= 0.3 is 0 Å². The average molecular weight is 262 g/mol. The smallest absolute Gasteiger partial charge is 0.201 e. The molecule has 0 unspecified atom stereocenters. The van der Waals surface area contributed by atoms with E-state index in [0.717, 1.165) is 48.8 Å². The van der Waals surface area contributed by atoms with Crippen LogP contribution in [0.3, 0.4) is 0 Å². The minimum atomic E-state index is 0.591. The van der Waals surface area contributed by atoms with Crippen molar-refractivity contribution in [3.8, 4) is 0 Å². The van der Waals surface area contributed by atoms with Crippen LogP contribution in [0.15, 0.2) is 18.2 Å². The fourth-order valence-electron chi connectivity index (χ4n) is 1.81. The molecule has 5 nitrogen and oxygen atoms in total. The number of anilines is 2. The highest BCUT2D eigenvalue weighted by molar-refractivity contribution is 5.80. The number of nitrogen functional groups attached to an aromatic ring is 1. The maximum atomic E-state index is 5.73. The Morgan fingerprint density at radius 3 is 3.05 bits per heavy atom. The number of nitrogens with two attached hydrogens (primary N) is 1. The van der Waals surface area contributed by atoms with Crippen LogP contribution in [0, 0.1) is 5.92 Å². The number of imidazole rings is 1. The van der Waals surface area contributed by atoms with E-state index in [2.05, 4.69) is 29.1 Å². The zero-order valence-electron chi connectivity index (χ0n) is 11.6. The molecule has 0 atom stereocenters.